The van der Waals surface area contributed by atoms with Gasteiger partial charge in [0, 0.05) is 11.3 Å². The summed E-state index contributed by atoms with van der Waals surface area (Å²) < 4.78 is 5.11. The summed E-state index contributed by atoms with van der Waals surface area (Å²) in [5.74, 6) is -0.925. The van der Waals surface area contributed by atoms with Crippen LogP contribution in [0.5, 0.6) is 0 Å². The molecule has 0 amide bonds. The van der Waals surface area contributed by atoms with Crippen LogP contribution in [-0.4, -0.2) is 28.8 Å². The minimum absolute atomic E-state index is 0.427. The van der Waals surface area contributed by atoms with Crippen molar-refractivity contribution >= 4 is 17.3 Å². The van der Waals surface area contributed by atoms with Gasteiger partial charge in [0.25, 0.3) is 0 Å². The zero-order valence-electron chi connectivity index (χ0n) is 8.19. The summed E-state index contributed by atoms with van der Waals surface area (Å²) in [6.07, 6.45) is -0.00284. The molecule has 0 aromatic carbocycles. The van der Waals surface area contributed by atoms with E-state index in [1.807, 2.05) is 6.92 Å². The van der Waals surface area contributed by atoms with Crippen molar-refractivity contribution in [3.63, 3.8) is 0 Å². The molecule has 0 radical (unpaired) electrons. The van der Waals surface area contributed by atoms with Crippen molar-refractivity contribution in [1.82, 2.24) is 4.98 Å². The average molecular weight is 215 g/mol. The predicted octanol–water partition coefficient (Wildman–Crippen LogP) is 1.48. The number of hydrogen-bond acceptors (Lipinski definition) is 4. The Kier molecular flexibility index (Phi) is 4.03. The number of carbonyl (C=O) groups is 1. The third-order valence-corrected chi connectivity index (χ3v) is 2.88. The molecule has 78 valence electrons. The van der Waals surface area contributed by atoms with Crippen LogP contribution in [0.25, 0.3) is 0 Å². The van der Waals surface area contributed by atoms with Crippen molar-refractivity contribution in [3.05, 3.63) is 16.1 Å². The van der Waals surface area contributed by atoms with Gasteiger partial charge in [0.05, 0.1) is 17.8 Å². The number of ether oxygens (including phenoxy) is 1. The molecule has 0 aliphatic heterocycles. The van der Waals surface area contributed by atoms with Gasteiger partial charge in [-0.2, -0.15) is 0 Å². The van der Waals surface area contributed by atoms with E-state index in [1.54, 1.807) is 16.8 Å². The van der Waals surface area contributed by atoms with Crippen molar-refractivity contribution < 1.29 is 14.6 Å². The van der Waals surface area contributed by atoms with Crippen LogP contribution in [0.15, 0.2) is 5.51 Å². The second-order valence-corrected chi connectivity index (χ2v) is 3.90. The van der Waals surface area contributed by atoms with E-state index in [1.165, 1.54) is 6.92 Å². The van der Waals surface area contributed by atoms with E-state index in [0.717, 1.165) is 17.0 Å². The van der Waals surface area contributed by atoms with Crippen LogP contribution in [0.4, 0.5) is 0 Å². The van der Waals surface area contributed by atoms with Gasteiger partial charge in [-0.3, -0.25) is 0 Å². The highest BCUT2D eigenvalue weighted by molar-refractivity contribution is 7.09. The Morgan fingerprint density at radius 3 is 3.00 bits per heavy atom. The Balaban J connectivity index is 2.29. The minimum atomic E-state index is -0.925. The summed E-state index contributed by atoms with van der Waals surface area (Å²) in [7, 11) is 0. The molecule has 0 bridgehead atoms. The normalized spacial score (nSPS) is 12.7. The number of nitrogens with zero attached hydrogens (tertiary/aromatic N) is 1. The molecule has 0 unspecified atom stereocenters. The van der Waals surface area contributed by atoms with Gasteiger partial charge in [0.2, 0.25) is 0 Å². The van der Waals surface area contributed by atoms with Gasteiger partial charge in [-0.1, -0.05) is 0 Å². The Morgan fingerprint density at radius 1 is 1.79 bits per heavy atom. The molecule has 1 rings (SSSR count). The number of carboxylic acids is 1. The van der Waals surface area contributed by atoms with E-state index >= 15 is 0 Å². The van der Waals surface area contributed by atoms with Crippen molar-refractivity contribution in [2.75, 3.05) is 6.61 Å². The van der Waals surface area contributed by atoms with Gasteiger partial charge in [-0.25, -0.2) is 9.78 Å². The van der Waals surface area contributed by atoms with Gasteiger partial charge < -0.3 is 9.84 Å². The fourth-order valence-electron chi connectivity index (χ4n) is 0.966. The second kappa shape index (κ2) is 5.07. The molecule has 1 atom stereocenters. The predicted molar refractivity (Wildman–Crippen MR) is 53.6 cm³/mol. The lowest BCUT2D eigenvalue weighted by atomic mass is 10.3. The van der Waals surface area contributed by atoms with Crippen LogP contribution >= 0.6 is 11.3 Å². The molecule has 0 fully saturated rings. The summed E-state index contributed by atoms with van der Waals surface area (Å²) in [5.41, 5.74) is 2.78. The van der Waals surface area contributed by atoms with Crippen LogP contribution in [0.2, 0.25) is 0 Å². The monoisotopic (exact) mass is 215 g/mol. The van der Waals surface area contributed by atoms with Crippen molar-refractivity contribution in [2.45, 2.75) is 26.4 Å². The third-order valence-electron chi connectivity index (χ3n) is 1.89. The molecule has 0 saturated carbocycles. The highest BCUT2D eigenvalue weighted by Gasteiger charge is 2.10. The van der Waals surface area contributed by atoms with Crippen molar-refractivity contribution in [3.8, 4) is 0 Å². The zero-order valence-corrected chi connectivity index (χ0v) is 9.00. The number of aliphatic carboxylic acids is 1. The van der Waals surface area contributed by atoms with Gasteiger partial charge in [-0.15, -0.1) is 11.3 Å². The fourth-order valence-corrected chi connectivity index (χ4v) is 1.73. The van der Waals surface area contributed by atoms with Gasteiger partial charge in [0.1, 0.15) is 0 Å². The Labute approximate surface area is 86.6 Å². The molecular formula is C9H13NO3S. The van der Waals surface area contributed by atoms with Gasteiger partial charge in [-0.05, 0) is 13.8 Å². The van der Waals surface area contributed by atoms with Crippen LogP contribution in [0.1, 0.15) is 17.5 Å². The quantitative estimate of drug-likeness (QED) is 0.808. The molecule has 1 aromatic heterocycles. The first-order chi connectivity index (χ1) is 6.61. The molecule has 1 N–H and O–H groups in total. The fraction of sp³-hybridized carbons (Fsp3) is 0.556. The lowest BCUT2D eigenvalue weighted by Gasteiger charge is -2.07. The average Bonchev–Trinajstić information content (AvgIpc) is 2.51. The third kappa shape index (κ3) is 3.08. The van der Waals surface area contributed by atoms with Crippen LogP contribution in [0, 0.1) is 6.92 Å². The van der Waals surface area contributed by atoms with Gasteiger partial charge >= 0.3 is 5.97 Å². The maximum atomic E-state index is 10.4. The molecule has 0 aliphatic carbocycles. The molecule has 0 aliphatic rings. The molecule has 0 spiro atoms. The Morgan fingerprint density at radius 2 is 2.50 bits per heavy atom. The molecule has 4 nitrogen and oxygen atoms in total. The molecule has 5 heteroatoms. The highest BCUT2D eigenvalue weighted by Crippen LogP contribution is 2.12. The van der Waals surface area contributed by atoms with Crippen LogP contribution in [-0.2, 0) is 16.0 Å². The largest absolute Gasteiger partial charge is 0.479 e. The maximum Gasteiger partial charge on any atom is 0.332 e. The highest BCUT2D eigenvalue weighted by atomic mass is 32.1. The zero-order chi connectivity index (χ0) is 10.6. The van der Waals surface area contributed by atoms with E-state index in [9.17, 15) is 4.79 Å². The number of rotatable bonds is 5. The summed E-state index contributed by atoms with van der Waals surface area (Å²) in [6, 6.07) is 0. The number of hydrogen-bond donors (Lipinski definition) is 1. The van der Waals surface area contributed by atoms with E-state index in [2.05, 4.69) is 4.98 Å². The van der Waals surface area contributed by atoms with Crippen molar-refractivity contribution in [2.24, 2.45) is 0 Å². The first-order valence-electron chi connectivity index (χ1n) is 4.34. The van der Waals surface area contributed by atoms with Crippen LogP contribution < -0.4 is 0 Å². The Bertz CT molecular complexity index is 311. The second-order valence-electron chi connectivity index (χ2n) is 2.96. The summed E-state index contributed by atoms with van der Waals surface area (Å²) in [4.78, 5) is 15.7. The first-order valence-corrected chi connectivity index (χ1v) is 5.22. The minimum Gasteiger partial charge on any atom is -0.479 e. The topological polar surface area (TPSA) is 59.4 Å². The number of aromatic nitrogens is 1. The summed E-state index contributed by atoms with van der Waals surface area (Å²) in [5, 5.41) is 8.56. The molecular weight excluding hydrogens is 202 g/mol. The van der Waals surface area contributed by atoms with Crippen molar-refractivity contribution in [1.29, 1.82) is 0 Å². The SMILES string of the molecule is Cc1ncsc1CCO[C@@H](C)C(=O)O. The van der Waals surface area contributed by atoms with E-state index in [4.69, 9.17) is 9.84 Å². The number of aryl methyl sites for hydroxylation is 1. The summed E-state index contributed by atoms with van der Waals surface area (Å²) in [6.45, 7) is 3.89. The standard InChI is InChI=1S/C9H13NO3S/c1-6-8(14-5-10-6)3-4-13-7(2)9(11)12/h5,7H,3-4H2,1-2H3,(H,11,12)/t7-/m0/s1. The molecule has 14 heavy (non-hydrogen) atoms. The van der Waals surface area contributed by atoms with E-state index < -0.39 is 12.1 Å². The van der Waals surface area contributed by atoms with Gasteiger partial charge in [0.15, 0.2) is 6.10 Å². The molecule has 0 saturated heterocycles. The van der Waals surface area contributed by atoms with E-state index in [-0.39, 0.29) is 0 Å². The molecule has 1 aromatic rings. The summed E-state index contributed by atoms with van der Waals surface area (Å²) >= 11 is 1.57. The number of thiazole rings is 1. The smallest absolute Gasteiger partial charge is 0.332 e. The lowest BCUT2D eigenvalue weighted by molar-refractivity contribution is -0.149. The lowest BCUT2D eigenvalue weighted by Crippen LogP contribution is -2.20. The maximum absolute atomic E-state index is 10.4. The van der Waals surface area contributed by atoms with Crippen LogP contribution in [0.3, 0.4) is 0 Å². The van der Waals surface area contributed by atoms with E-state index in [0.29, 0.717) is 6.61 Å². The first kappa shape index (κ1) is 11.1. The Hall–Kier alpha value is -0.940. The number of carboxylic acid groups (broad SMARTS) is 1. The molecule has 1 heterocycles.